The Morgan fingerprint density at radius 3 is 1.84 bits per heavy atom. The number of oxazole rings is 1. The first-order chi connectivity index (χ1) is 24.7. The van der Waals surface area contributed by atoms with E-state index < -0.39 is 0 Å². The molecule has 0 saturated heterocycles. The molecular weight excluding hydrogens is 633 g/mol. The second-order valence-corrected chi connectivity index (χ2v) is 13.3. The topological polar surface area (TPSA) is 64.7 Å². The number of aromatic nitrogens is 4. The van der Waals surface area contributed by atoms with Gasteiger partial charge in [0.05, 0.1) is 0 Å². The van der Waals surface area contributed by atoms with E-state index in [0.29, 0.717) is 23.4 Å². The van der Waals surface area contributed by atoms with E-state index in [4.69, 9.17) is 24.4 Å². The molecule has 50 heavy (non-hydrogen) atoms. The molecule has 3 aromatic heterocycles. The van der Waals surface area contributed by atoms with Crippen LogP contribution in [0.15, 0.2) is 162 Å². The SMILES string of the molecule is c1ccc(-c2nc(-c3ccc(-c4cccc5ccccc45)cc3)nc(-c3cccc4sc5cc6oc(-c7ccccc7)nc6cc5c34)n2)cc1. The zero-order valence-corrected chi connectivity index (χ0v) is 27.4. The molecule has 0 aliphatic carbocycles. The molecule has 0 atom stereocenters. The van der Waals surface area contributed by atoms with Gasteiger partial charge in [0.25, 0.3) is 0 Å². The van der Waals surface area contributed by atoms with Gasteiger partial charge in [-0.1, -0.05) is 127 Å². The Labute approximate surface area is 291 Å². The molecule has 0 unspecified atom stereocenters. The molecule has 0 aliphatic rings. The van der Waals surface area contributed by atoms with Crippen LogP contribution in [0.1, 0.15) is 0 Å². The number of nitrogens with zero attached hydrogens (tertiary/aromatic N) is 4. The highest BCUT2D eigenvalue weighted by Crippen LogP contribution is 2.42. The summed E-state index contributed by atoms with van der Waals surface area (Å²) in [6.07, 6.45) is 0. The number of hydrogen-bond donors (Lipinski definition) is 0. The third kappa shape index (κ3) is 4.85. The molecule has 234 valence electrons. The third-order valence-electron chi connectivity index (χ3n) is 9.18. The Hall–Kier alpha value is -6.50. The first-order valence-electron chi connectivity index (χ1n) is 16.5. The number of rotatable bonds is 5. The van der Waals surface area contributed by atoms with Crippen molar-refractivity contribution in [3.8, 4) is 56.7 Å². The standard InChI is InChI=1S/C44H26N4OS/c1-3-12-29(13-4-1)41-46-42(30-23-21-28(22-24-30)33-18-9-16-27-11-7-8-17-32(27)33)48-43(47-41)34-19-10-20-38-40(34)35-25-36-37(26-39(35)50-38)49-44(45-36)31-14-5-2-6-15-31/h1-26H. The molecule has 0 bridgehead atoms. The normalized spacial score (nSPS) is 11.6. The summed E-state index contributed by atoms with van der Waals surface area (Å²) in [4.78, 5) is 20.1. The molecule has 0 aliphatic heterocycles. The molecule has 0 N–H and O–H groups in total. The average Bonchev–Trinajstić information content (AvgIpc) is 3.78. The van der Waals surface area contributed by atoms with Gasteiger partial charge in [-0.05, 0) is 46.2 Å². The van der Waals surface area contributed by atoms with Crippen LogP contribution in [0.25, 0.3) is 98.8 Å². The van der Waals surface area contributed by atoms with Crippen molar-refractivity contribution in [1.82, 2.24) is 19.9 Å². The lowest BCUT2D eigenvalue weighted by Gasteiger charge is -2.11. The molecule has 0 fully saturated rings. The predicted octanol–water partition coefficient (Wildman–Crippen LogP) is 11.9. The van der Waals surface area contributed by atoms with E-state index in [1.165, 1.54) is 16.3 Å². The fourth-order valence-electron chi connectivity index (χ4n) is 6.76. The maximum Gasteiger partial charge on any atom is 0.227 e. The lowest BCUT2D eigenvalue weighted by atomic mass is 9.97. The minimum atomic E-state index is 0.615. The summed E-state index contributed by atoms with van der Waals surface area (Å²) in [5.41, 5.74) is 7.70. The predicted molar refractivity (Wildman–Crippen MR) is 205 cm³/mol. The van der Waals surface area contributed by atoms with E-state index in [1.54, 1.807) is 11.3 Å². The lowest BCUT2D eigenvalue weighted by molar-refractivity contribution is 0.620. The Morgan fingerprint density at radius 1 is 0.420 bits per heavy atom. The van der Waals surface area contributed by atoms with E-state index in [1.807, 2.05) is 60.7 Å². The van der Waals surface area contributed by atoms with Crippen LogP contribution in [0.5, 0.6) is 0 Å². The molecule has 5 nitrogen and oxygen atoms in total. The van der Waals surface area contributed by atoms with Crippen LogP contribution < -0.4 is 0 Å². The highest BCUT2D eigenvalue weighted by Gasteiger charge is 2.19. The highest BCUT2D eigenvalue weighted by molar-refractivity contribution is 7.26. The van der Waals surface area contributed by atoms with Gasteiger partial charge in [0, 0.05) is 48.5 Å². The average molecular weight is 659 g/mol. The van der Waals surface area contributed by atoms with Crippen molar-refractivity contribution in [3.63, 3.8) is 0 Å². The van der Waals surface area contributed by atoms with Crippen LogP contribution in [-0.2, 0) is 0 Å². The van der Waals surface area contributed by atoms with Crippen LogP contribution in [0.3, 0.4) is 0 Å². The molecule has 10 rings (SSSR count). The van der Waals surface area contributed by atoms with Gasteiger partial charge >= 0.3 is 0 Å². The first kappa shape index (κ1) is 28.5. The largest absolute Gasteiger partial charge is 0.436 e. The second-order valence-electron chi connectivity index (χ2n) is 12.3. The summed E-state index contributed by atoms with van der Waals surface area (Å²) in [5, 5.41) is 4.65. The van der Waals surface area contributed by atoms with Gasteiger partial charge in [-0.15, -0.1) is 11.3 Å². The van der Waals surface area contributed by atoms with Crippen LogP contribution in [-0.4, -0.2) is 19.9 Å². The van der Waals surface area contributed by atoms with Crippen molar-refractivity contribution in [2.45, 2.75) is 0 Å². The highest BCUT2D eigenvalue weighted by atomic mass is 32.1. The number of benzene rings is 7. The molecule has 7 aromatic carbocycles. The molecule has 6 heteroatoms. The second kappa shape index (κ2) is 11.6. The fraction of sp³-hybridized carbons (Fsp3) is 0. The quantitative estimate of drug-likeness (QED) is 0.184. The smallest absolute Gasteiger partial charge is 0.227 e. The Morgan fingerprint density at radius 2 is 1.04 bits per heavy atom. The van der Waals surface area contributed by atoms with Crippen LogP contribution in [0, 0.1) is 0 Å². The molecule has 0 saturated carbocycles. The summed E-state index contributed by atoms with van der Waals surface area (Å²) in [6.45, 7) is 0. The van der Waals surface area contributed by atoms with E-state index >= 15 is 0 Å². The van der Waals surface area contributed by atoms with Gasteiger partial charge in [0.2, 0.25) is 5.89 Å². The number of fused-ring (bicyclic) bond motifs is 5. The van der Waals surface area contributed by atoms with E-state index in [9.17, 15) is 0 Å². The maximum absolute atomic E-state index is 6.22. The molecule has 10 aromatic rings. The maximum atomic E-state index is 6.22. The zero-order valence-electron chi connectivity index (χ0n) is 26.6. The lowest BCUT2D eigenvalue weighted by Crippen LogP contribution is -2.00. The van der Waals surface area contributed by atoms with Crippen molar-refractivity contribution < 1.29 is 4.42 Å². The van der Waals surface area contributed by atoms with Crippen LogP contribution in [0.2, 0.25) is 0 Å². The summed E-state index contributed by atoms with van der Waals surface area (Å²) in [5.74, 6) is 2.50. The minimum absolute atomic E-state index is 0.615. The first-order valence-corrected chi connectivity index (χ1v) is 17.3. The van der Waals surface area contributed by atoms with E-state index in [-0.39, 0.29) is 0 Å². The van der Waals surface area contributed by atoms with Gasteiger partial charge in [0.1, 0.15) is 5.52 Å². The number of hydrogen-bond acceptors (Lipinski definition) is 6. The Balaban J connectivity index is 1.13. The van der Waals surface area contributed by atoms with E-state index in [2.05, 4.69) is 97.1 Å². The fourth-order valence-corrected chi connectivity index (χ4v) is 7.90. The van der Waals surface area contributed by atoms with Gasteiger partial charge in [-0.2, -0.15) is 0 Å². The van der Waals surface area contributed by atoms with Crippen molar-refractivity contribution in [3.05, 3.63) is 158 Å². The van der Waals surface area contributed by atoms with Gasteiger partial charge in [-0.3, -0.25) is 0 Å². The minimum Gasteiger partial charge on any atom is -0.436 e. The number of thiophene rings is 1. The summed E-state index contributed by atoms with van der Waals surface area (Å²) < 4.78 is 8.49. The Kier molecular flexibility index (Phi) is 6.60. The van der Waals surface area contributed by atoms with Gasteiger partial charge in [0.15, 0.2) is 23.1 Å². The third-order valence-corrected chi connectivity index (χ3v) is 10.3. The molecule has 3 heterocycles. The summed E-state index contributed by atoms with van der Waals surface area (Å²) >= 11 is 1.73. The van der Waals surface area contributed by atoms with E-state index in [0.717, 1.165) is 59.1 Å². The molecular formula is C44H26N4OS. The van der Waals surface area contributed by atoms with Crippen molar-refractivity contribution in [1.29, 1.82) is 0 Å². The molecule has 0 radical (unpaired) electrons. The van der Waals surface area contributed by atoms with Crippen molar-refractivity contribution in [2.75, 3.05) is 0 Å². The van der Waals surface area contributed by atoms with Crippen LogP contribution in [0.4, 0.5) is 0 Å². The zero-order chi connectivity index (χ0) is 33.0. The Bertz CT molecular complexity index is 2860. The van der Waals surface area contributed by atoms with Gasteiger partial charge < -0.3 is 4.42 Å². The summed E-state index contributed by atoms with van der Waals surface area (Å²) in [6, 6.07) is 54.1. The molecule has 0 amide bonds. The summed E-state index contributed by atoms with van der Waals surface area (Å²) in [7, 11) is 0. The molecule has 0 spiro atoms. The van der Waals surface area contributed by atoms with Crippen molar-refractivity contribution >= 4 is 53.4 Å². The van der Waals surface area contributed by atoms with Crippen LogP contribution >= 0.6 is 11.3 Å². The van der Waals surface area contributed by atoms with Gasteiger partial charge in [-0.25, -0.2) is 19.9 Å². The monoisotopic (exact) mass is 658 g/mol. The van der Waals surface area contributed by atoms with Crippen molar-refractivity contribution in [2.24, 2.45) is 0 Å².